The van der Waals surface area contributed by atoms with Crippen molar-refractivity contribution in [2.75, 3.05) is 32.1 Å². The molecule has 1 N–H and O–H groups in total. The van der Waals surface area contributed by atoms with Gasteiger partial charge in [-0.15, -0.1) is 0 Å². The second kappa shape index (κ2) is 4.53. The largest absolute Gasteiger partial charge is 0.378 e. The van der Waals surface area contributed by atoms with Gasteiger partial charge in [0.2, 0.25) is 0 Å². The minimum Gasteiger partial charge on any atom is -0.378 e. The zero-order chi connectivity index (χ0) is 11.5. The van der Waals surface area contributed by atoms with Gasteiger partial charge in [0, 0.05) is 31.9 Å². The molecule has 1 fully saturated rings. The number of rotatable bonds is 4. The first-order valence-electron chi connectivity index (χ1n) is 5.34. The summed E-state index contributed by atoms with van der Waals surface area (Å²) in [5.41, 5.74) is 1.71. The Hall–Kier alpha value is -1.55. The van der Waals surface area contributed by atoms with Crippen molar-refractivity contribution in [3.8, 4) is 0 Å². The average Bonchev–Trinajstić information content (AvgIpc) is 3.10. The number of ether oxygens (including phenoxy) is 1. The minimum absolute atomic E-state index is 0.0424. The van der Waals surface area contributed by atoms with Gasteiger partial charge in [0.05, 0.1) is 12.7 Å². The summed E-state index contributed by atoms with van der Waals surface area (Å²) in [6.45, 7) is 1.36. The predicted octanol–water partition coefficient (Wildman–Crippen LogP) is 0.881. The summed E-state index contributed by atoms with van der Waals surface area (Å²) in [6, 6.07) is 7.55. The molecule has 4 nitrogen and oxygen atoms in total. The highest BCUT2D eigenvalue weighted by Crippen LogP contribution is 2.13. The standard InChI is InChI=1S/C12H16N2O2/c1-14(2)10-5-3-4-9(6-10)12(15)13-7-11-8-16-11/h3-6,11H,7-8H2,1-2H3,(H,13,15)/t11-/m0/s1. The molecule has 1 heterocycles. The molecule has 1 atom stereocenters. The van der Waals surface area contributed by atoms with Crippen LogP contribution in [0.25, 0.3) is 0 Å². The van der Waals surface area contributed by atoms with E-state index in [1.54, 1.807) is 0 Å². The third-order valence-corrected chi connectivity index (χ3v) is 2.52. The molecule has 1 saturated heterocycles. The first kappa shape index (κ1) is 11.0. The number of carbonyl (C=O) groups is 1. The van der Waals surface area contributed by atoms with E-state index in [4.69, 9.17) is 4.74 Å². The molecule has 1 amide bonds. The molecule has 0 bridgehead atoms. The Morgan fingerprint density at radius 1 is 1.56 bits per heavy atom. The van der Waals surface area contributed by atoms with Gasteiger partial charge in [-0.3, -0.25) is 4.79 Å². The van der Waals surface area contributed by atoms with Crippen molar-refractivity contribution in [2.24, 2.45) is 0 Å². The summed E-state index contributed by atoms with van der Waals surface area (Å²) in [4.78, 5) is 13.7. The van der Waals surface area contributed by atoms with Gasteiger partial charge in [-0.1, -0.05) is 6.07 Å². The highest BCUT2D eigenvalue weighted by molar-refractivity contribution is 5.95. The number of carbonyl (C=O) groups excluding carboxylic acids is 1. The van der Waals surface area contributed by atoms with Gasteiger partial charge < -0.3 is 15.0 Å². The quantitative estimate of drug-likeness (QED) is 0.766. The van der Waals surface area contributed by atoms with Crippen molar-refractivity contribution < 1.29 is 9.53 Å². The molecule has 0 aromatic heterocycles. The van der Waals surface area contributed by atoms with Crippen LogP contribution in [0.3, 0.4) is 0 Å². The van der Waals surface area contributed by atoms with Gasteiger partial charge in [0.15, 0.2) is 0 Å². The van der Waals surface area contributed by atoms with Crippen LogP contribution in [0.15, 0.2) is 24.3 Å². The maximum Gasteiger partial charge on any atom is 0.251 e. The topological polar surface area (TPSA) is 44.9 Å². The summed E-state index contributed by atoms with van der Waals surface area (Å²) in [6.07, 6.45) is 0.223. The number of nitrogens with zero attached hydrogens (tertiary/aromatic N) is 1. The zero-order valence-corrected chi connectivity index (χ0v) is 9.56. The molecule has 2 rings (SSSR count). The SMILES string of the molecule is CN(C)c1cccc(C(=O)NC[C@H]2CO2)c1. The molecule has 1 aromatic rings. The lowest BCUT2D eigenvalue weighted by molar-refractivity contribution is 0.0950. The molecule has 0 saturated carbocycles. The normalized spacial score (nSPS) is 18.0. The summed E-state index contributed by atoms with van der Waals surface area (Å²) in [7, 11) is 3.91. The second-order valence-electron chi connectivity index (χ2n) is 4.11. The van der Waals surface area contributed by atoms with Crippen molar-refractivity contribution in [1.29, 1.82) is 0 Å². The van der Waals surface area contributed by atoms with Gasteiger partial charge in [-0.25, -0.2) is 0 Å². The molecule has 0 radical (unpaired) electrons. The molecule has 1 aromatic carbocycles. The predicted molar refractivity (Wildman–Crippen MR) is 62.8 cm³/mol. The van der Waals surface area contributed by atoms with E-state index < -0.39 is 0 Å². The van der Waals surface area contributed by atoms with Crippen LogP contribution in [0.2, 0.25) is 0 Å². The number of epoxide rings is 1. The van der Waals surface area contributed by atoms with Gasteiger partial charge >= 0.3 is 0 Å². The Bertz CT molecular complexity index is 386. The van der Waals surface area contributed by atoms with E-state index >= 15 is 0 Å². The summed E-state index contributed by atoms with van der Waals surface area (Å²) >= 11 is 0. The summed E-state index contributed by atoms with van der Waals surface area (Å²) in [5, 5.41) is 2.84. The number of nitrogens with one attached hydrogen (secondary N) is 1. The number of benzene rings is 1. The van der Waals surface area contributed by atoms with E-state index in [2.05, 4.69) is 5.32 Å². The van der Waals surface area contributed by atoms with Gasteiger partial charge in [0.25, 0.3) is 5.91 Å². The van der Waals surface area contributed by atoms with Crippen LogP contribution in [0, 0.1) is 0 Å². The fourth-order valence-corrected chi connectivity index (χ4v) is 1.42. The number of hydrogen-bond donors (Lipinski definition) is 1. The number of anilines is 1. The van der Waals surface area contributed by atoms with Crippen molar-refractivity contribution in [3.63, 3.8) is 0 Å². The maximum atomic E-state index is 11.8. The molecule has 4 heteroatoms. The van der Waals surface area contributed by atoms with E-state index in [1.807, 2.05) is 43.3 Å². The van der Waals surface area contributed by atoms with Crippen LogP contribution >= 0.6 is 0 Å². The number of amides is 1. The molecule has 0 unspecified atom stereocenters. The highest BCUT2D eigenvalue weighted by atomic mass is 16.6. The summed E-state index contributed by atoms with van der Waals surface area (Å²) < 4.78 is 5.03. The number of hydrogen-bond acceptors (Lipinski definition) is 3. The van der Waals surface area contributed by atoms with Crippen molar-refractivity contribution in [1.82, 2.24) is 5.32 Å². The molecule has 86 valence electrons. The molecule has 1 aliphatic rings. The molecule has 16 heavy (non-hydrogen) atoms. The Kier molecular flexibility index (Phi) is 3.10. The van der Waals surface area contributed by atoms with Gasteiger partial charge in [-0.05, 0) is 18.2 Å². The first-order valence-corrected chi connectivity index (χ1v) is 5.34. The van der Waals surface area contributed by atoms with Crippen molar-refractivity contribution >= 4 is 11.6 Å². The van der Waals surface area contributed by atoms with Gasteiger partial charge in [0.1, 0.15) is 0 Å². The summed E-state index contributed by atoms with van der Waals surface area (Å²) in [5.74, 6) is -0.0424. The third kappa shape index (κ3) is 2.73. The molecular weight excluding hydrogens is 204 g/mol. The van der Waals surface area contributed by atoms with E-state index in [1.165, 1.54) is 0 Å². The molecule has 0 aliphatic carbocycles. The minimum atomic E-state index is -0.0424. The Morgan fingerprint density at radius 3 is 2.94 bits per heavy atom. The molecule has 1 aliphatic heterocycles. The lowest BCUT2D eigenvalue weighted by Crippen LogP contribution is -2.27. The fraction of sp³-hybridized carbons (Fsp3) is 0.417. The third-order valence-electron chi connectivity index (χ3n) is 2.52. The van der Waals surface area contributed by atoms with Crippen LogP contribution in [0.5, 0.6) is 0 Å². The first-order chi connectivity index (χ1) is 7.66. The Balaban J connectivity index is 2.00. The van der Waals surface area contributed by atoms with E-state index in [0.29, 0.717) is 12.1 Å². The lowest BCUT2D eigenvalue weighted by Gasteiger charge is -2.13. The second-order valence-corrected chi connectivity index (χ2v) is 4.11. The molecular formula is C12H16N2O2. The highest BCUT2D eigenvalue weighted by Gasteiger charge is 2.22. The Morgan fingerprint density at radius 2 is 2.31 bits per heavy atom. The van der Waals surface area contributed by atoms with Crippen LogP contribution in [0.4, 0.5) is 5.69 Å². The van der Waals surface area contributed by atoms with Crippen molar-refractivity contribution in [2.45, 2.75) is 6.10 Å². The average molecular weight is 220 g/mol. The van der Waals surface area contributed by atoms with Gasteiger partial charge in [-0.2, -0.15) is 0 Å². The van der Waals surface area contributed by atoms with Crippen LogP contribution < -0.4 is 10.2 Å². The van der Waals surface area contributed by atoms with Crippen LogP contribution in [-0.2, 0) is 4.74 Å². The van der Waals surface area contributed by atoms with Crippen molar-refractivity contribution in [3.05, 3.63) is 29.8 Å². The smallest absolute Gasteiger partial charge is 0.251 e. The Labute approximate surface area is 95.2 Å². The van der Waals surface area contributed by atoms with E-state index in [9.17, 15) is 4.79 Å². The molecule has 0 spiro atoms. The zero-order valence-electron chi connectivity index (χ0n) is 9.56. The maximum absolute atomic E-state index is 11.8. The van der Waals surface area contributed by atoms with Crippen LogP contribution in [0.1, 0.15) is 10.4 Å². The fourth-order valence-electron chi connectivity index (χ4n) is 1.42. The monoisotopic (exact) mass is 220 g/mol. The lowest BCUT2D eigenvalue weighted by atomic mass is 10.2. The van der Waals surface area contributed by atoms with E-state index in [0.717, 1.165) is 12.3 Å². The van der Waals surface area contributed by atoms with Crippen LogP contribution in [-0.4, -0.2) is 39.3 Å². The van der Waals surface area contributed by atoms with E-state index in [-0.39, 0.29) is 12.0 Å².